The highest BCUT2D eigenvalue weighted by molar-refractivity contribution is 5.87. The minimum atomic E-state index is 0.155. The van der Waals surface area contributed by atoms with Crippen LogP contribution in [0.15, 0.2) is 12.3 Å². The van der Waals surface area contributed by atoms with Crippen molar-refractivity contribution >= 4 is 22.8 Å². The van der Waals surface area contributed by atoms with Gasteiger partial charge in [-0.2, -0.15) is 4.98 Å². The third kappa shape index (κ3) is 4.41. The number of nitrogens with two attached hydrogens (primary N) is 1. The standard InChI is InChI=1S/C18H29N5O2/c1-2-3-5-13(8-10-24)20-17-16-15(21-18(19)22-17)7-9-23(16)12-14-6-4-11-25-14/h7,9,13-14,24H,2-6,8,10-12H2,1H3,(H3,19,20,21,22). The highest BCUT2D eigenvalue weighted by atomic mass is 16.5. The topological polar surface area (TPSA) is 98.2 Å². The zero-order valence-electron chi connectivity index (χ0n) is 14.9. The van der Waals surface area contributed by atoms with E-state index in [1.807, 2.05) is 12.3 Å². The third-order valence-electron chi connectivity index (χ3n) is 4.78. The fraction of sp³-hybridized carbons (Fsp3) is 0.667. The molecule has 0 spiro atoms. The Balaban J connectivity index is 1.87. The van der Waals surface area contributed by atoms with Gasteiger partial charge < -0.3 is 25.5 Å². The SMILES string of the molecule is CCCCC(CCO)Nc1nc(N)nc2ccn(CC3CCCO3)c12. The van der Waals surface area contributed by atoms with E-state index in [9.17, 15) is 5.11 Å². The van der Waals surface area contributed by atoms with Gasteiger partial charge in [0.1, 0.15) is 5.52 Å². The summed E-state index contributed by atoms with van der Waals surface area (Å²) in [5.41, 5.74) is 7.70. The van der Waals surface area contributed by atoms with Crippen molar-refractivity contribution in [2.75, 3.05) is 24.3 Å². The lowest BCUT2D eigenvalue weighted by Crippen LogP contribution is -2.23. The first-order valence-electron chi connectivity index (χ1n) is 9.32. The number of anilines is 2. The highest BCUT2D eigenvalue weighted by Gasteiger charge is 2.20. The van der Waals surface area contributed by atoms with E-state index >= 15 is 0 Å². The molecule has 1 fully saturated rings. The number of nitrogen functional groups attached to an aromatic ring is 1. The molecule has 3 rings (SSSR count). The lowest BCUT2D eigenvalue weighted by molar-refractivity contribution is 0.0980. The molecule has 0 aliphatic carbocycles. The van der Waals surface area contributed by atoms with Crippen molar-refractivity contribution in [3.63, 3.8) is 0 Å². The number of unbranched alkanes of at least 4 members (excludes halogenated alkanes) is 1. The van der Waals surface area contributed by atoms with Gasteiger partial charge >= 0.3 is 0 Å². The Labute approximate surface area is 148 Å². The molecule has 3 heterocycles. The van der Waals surface area contributed by atoms with E-state index in [2.05, 4.69) is 26.8 Å². The number of hydrogen-bond acceptors (Lipinski definition) is 6. The fourth-order valence-corrected chi connectivity index (χ4v) is 3.47. The number of hydrogen-bond donors (Lipinski definition) is 3. The maximum absolute atomic E-state index is 9.37. The van der Waals surface area contributed by atoms with Crippen molar-refractivity contribution in [2.24, 2.45) is 0 Å². The molecule has 0 amide bonds. The van der Waals surface area contributed by atoms with E-state index in [0.717, 1.165) is 62.1 Å². The third-order valence-corrected chi connectivity index (χ3v) is 4.78. The Hall–Kier alpha value is -1.86. The van der Waals surface area contributed by atoms with Crippen LogP contribution in [0.1, 0.15) is 45.4 Å². The Morgan fingerprint density at radius 3 is 3.04 bits per heavy atom. The minimum absolute atomic E-state index is 0.155. The summed E-state index contributed by atoms with van der Waals surface area (Å²) in [6.45, 7) is 3.96. The second-order valence-electron chi connectivity index (χ2n) is 6.76. The summed E-state index contributed by atoms with van der Waals surface area (Å²) >= 11 is 0. The minimum Gasteiger partial charge on any atom is -0.396 e. The van der Waals surface area contributed by atoms with Gasteiger partial charge in [-0.3, -0.25) is 0 Å². The average molecular weight is 347 g/mol. The molecule has 138 valence electrons. The molecule has 0 saturated carbocycles. The molecule has 7 nitrogen and oxygen atoms in total. The predicted octanol–water partition coefficient (Wildman–Crippen LogP) is 2.55. The van der Waals surface area contributed by atoms with Crippen LogP contribution in [0.3, 0.4) is 0 Å². The Morgan fingerprint density at radius 1 is 1.44 bits per heavy atom. The number of fused-ring (bicyclic) bond motifs is 1. The Bertz CT molecular complexity index is 681. The summed E-state index contributed by atoms with van der Waals surface area (Å²) in [5.74, 6) is 1.02. The predicted molar refractivity (Wildman–Crippen MR) is 99.6 cm³/mol. The number of aliphatic hydroxyl groups excluding tert-OH is 1. The molecule has 25 heavy (non-hydrogen) atoms. The van der Waals surface area contributed by atoms with Crippen LogP contribution in [0, 0.1) is 0 Å². The second kappa shape index (κ2) is 8.49. The van der Waals surface area contributed by atoms with E-state index in [-0.39, 0.29) is 24.7 Å². The van der Waals surface area contributed by atoms with Crippen LogP contribution in [0.2, 0.25) is 0 Å². The van der Waals surface area contributed by atoms with Crippen LogP contribution in [0.5, 0.6) is 0 Å². The van der Waals surface area contributed by atoms with E-state index in [1.165, 1.54) is 0 Å². The first-order valence-corrected chi connectivity index (χ1v) is 9.32. The molecule has 2 atom stereocenters. The summed E-state index contributed by atoms with van der Waals surface area (Å²) in [7, 11) is 0. The van der Waals surface area contributed by atoms with Crippen molar-refractivity contribution in [3.05, 3.63) is 12.3 Å². The summed E-state index contributed by atoms with van der Waals surface area (Å²) in [6, 6.07) is 2.15. The molecule has 2 aromatic rings. The molecule has 4 N–H and O–H groups in total. The van der Waals surface area contributed by atoms with E-state index < -0.39 is 0 Å². The Morgan fingerprint density at radius 2 is 2.32 bits per heavy atom. The monoisotopic (exact) mass is 347 g/mol. The lowest BCUT2D eigenvalue weighted by atomic mass is 10.1. The molecule has 2 unspecified atom stereocenters. The maximum atomic E-state index is 9.37. The van der Waals surface area contributed by atoms with Crippen LogP contribution in [-0.2, 0) is 11.3 Å². The van der Waals surface area contributed by atoms with Gasteiger partial charge in [0.05, 0.1) is 11.6 Å². The molecule has 7 heteroatoms. The van der Waals surface area contributed by atoms with Gasteiger partial charge in [-0.05, 0) is 31.7 Å². The number of nitrogens with zero attached hydrogens (tertiary/aromatic N) is 3. The summed E-state index contributed by atoms with van der Waals surface area (Å²) in [6.07, 6.45) is 8.40. The highest BCUT2D eigenvalue weighted by Crippen LogP contribution is 2.26. The van der Waals surface area contributed by atoms with Gasteiger partial charge in [0.2, 0.25) is 5.95 Å². The number of aliphatic hydroxyl groups is 1. The smallest absolute Gasteiger partial charge is 0.222 e. The molecule has 0 bridgehead atoms. The van der Waals surface area contributed by atoms with Crippen molar-refractivity contribution in [1.29, 1.82) is 0 Å². The van der Waals surface area contributed by atoms with E-state index in [0.29, 0.717) is 6.42 Å². The molecule has 0 aromatic carbocycles. The largest absolute Gasteiger partial charge is 0.396 e. The van der Waals surface area contributed by atoms with Crippen LogP contribution in [-0.4, -0.2) is 45.0 Å². The number of nitrogens with one attached hydrogen (secondary N) is 1. The number of aromatic nitrogens is 3. The van der Waals surface area contributed by atoms with Gasteiger partial charge in [-0.25, -0.2) is 4.98 Å². The Kier molecular flexibility index (Phi) is 6.09. The van der Waals surface area contributed by atoms with Gasteiger partial charge in [0.25, 0.3) is 0 Å². The van der Waals surface area contributed by atoms with Crippen molar-refractivity contribution in [1.82, 2.24) is 14.5 Å². The summed E-state index contributed by atoms with van der Waals surface area (Å²) in [4.78, 5) is 8.81. The summed E-state index contributed by atoms with van der Waals surface area (Å²) in [5, 5.41) is 12.9. The average Bonchev–Trinajstić information content (AvgIpc) is 3.23. The number of ether oxygens (including phenoxy) is 1. The first-order chi connectivity index (χ1) is 12.2. The van der Waals surface area contributed by atoms with Gasteiger partial charge in [0, 0.05) is 32.0 Å². The quantitative estimate of drug-likeness (QED) is 0.645. The van der Waals surface area contributed by atoms with Gasteiger partial charge in [-0.15, -0.1) is 0 Å². The molecular weight excluding hydrogens is 318 g/mol. The molecule has 1 aliphatic heterocycles. The van der Waals surface area contributed by atoms with E-state index in [4.69, 9.17) is 10.5 Å². The molecule has 1 saturated heterocycles. The molecule has 1 aliphatic rings. The molecule has 0 radical (unpaired) electrons. The van der Waals surface area contributed by atoms with Crippen LogP contribution >= 0.6 is 0 Å². The van der Waals surface area contributed by atoms with Crippen molar-refractivity contribution in [3.8, 4) is 0 Å². The van der Waals surface area contributed by atoms with Crippen molar-refractivity contribution < 1.29 is 9.84 Å². The normalized spacial score (nSPS) is 18.7. The molecular formula is C18H29N5O2. The van der Waals surface area contributed by atoms with Crippen LogP contribution in [0.25, 0.3) is 11.0 Å². The van der Waals surface area contributed by atoms with Gasteiger partial charge in [0.15, 0.2) is 5.82 Å². The molecule has 2 aromatic heterocycles. The van der Waals surface area contributed by atoms with Crippen molar-refractivity contribution in [2.45, 2.75) is 64.1 Å². The zero-order valence-corrected chi connectivity index (χ0v) is 14.9. The zero-order chi connectivity index (χ0) is 17.6. The first kappa shape index (κ1) is 17.9. The van der Waals surface area contributed by atoms with Crippen LogP contribution < -0.4 is 11.1 Å². The van der Waals surface area contributed by atoms with E-state index in [1.54, 1.807) is 0 Å². The van der Waals surface area contributed by atoms with Crippen LogP contribution in [0.4, 0.5) is 11.8 Å². The maximum Gasteiger partial charge on any atom is 0.222 e. The lowest BCUT2D eigenvalue weighted by Gasteiger charge is -2.20. The fourth-order valence-electron chi connectivity index (χ4n) is 3.47. The van der Waals surface area contributed by atoms with Gasteiger partial charge in [-0.1, -0.05) is 19.8 Å². The number of rotatable bonds is 9. The summed E-state index contributed by atoms with van der Waals surface area (Å²) < 4.78 is 7.93. The second-order valence-corrected chi connectivity index (χ2v) is 6.76.